The average molecular weight is 501 g/mol. The summed E-state index contributed by atoms with van der Waals surface area (Å²) in [6.45, 7) is 7.49. The monoisotopic (exact) mass is 500 g/mol. The molecule has 0 amide bonds. The molecule has 0 saturated heterocycles. The Morgan fingerprint density at radius 1 is 1.31 bits per heavy atom. The fourth-order valence-corrected chi connectivity index (χ4v) is 6.72. The molecule has 0 aromatic carbocycles. The summed E-state index contributed by atoms with van der Waals surface area (Å²) in [5.74, 6) is 0.218. The number of hydrogen-bond acceptors (Lipinski definition) is 9. The fraction of sp³-hybridized carbons (Fsp3) is 0.593. The lowest BCUT2D eigenvalue weighted by atomic mass is 9.46. The number of aliphatic hydroxyl groups is 2. The number of carbonyl (C=O) groups is 1. The Kier molecular flexibility index (Phi) is 7.02. The van der Waals surface area contributed by atoms with Gasteiger partial charge in [-0.3, -0.25) is 9.78 Å². The summed E-state index contributed by atoms with van der Waals surface area (Å²) in [6, 6.07) is 5.23. The molecule has 9 nitrogen and oxygen atoms in total. The zero-order chi connectivity index (χ0) is 26.4. The van der Waals surface area contributed by atoms with Crippen LogP contribution in [0.4, 0.5) is 0 Å². The number of nitrogens with zero attached hydrogens (tertiary/aromatic N) is 1. The number of rotatable bonds is 1. The van der Waals surface area contributed by atoms with Crippen molar-refractivity contribution in [3.05, 3.63) is 46.6 Å². The van der Waals surface area contributed by atoms with E-state index in [4.69, 9.17) is 14.9 Å². The van der Waals surface area contributed by atoms with Crippen LogP contribution in [0.1, 0.15) is 58.6 Å². The molecule has 2 aromatic rings. The molecule has 0 spiro atoms. The molecule has 196 valence electrons. The lowest BCUT2D eigenvalue weighted by molar-refractivity contribution is -0.234. The van der Waals surface area contributed by atoms with Crippen molar-refractivity contribution in [2.24, 2.45) is 28.9 Å². The van der Waals surface area contributed by atoms with Gasteiger partial charge in [0.25, 0.3) is 0 Å². The number of esters is 1. The molecule has 1 aliphatic heterocycles. The molecule has 2 aromatic heterocycles. The van der Waals surface area contributed by atoms with E-state index < -0.39 is 29.4 Å². The number of aromatic nitrogens is 1. The van der Waals surface area contributed by atoms with Crippen molar-refractivity contribution in [1.82, 2.24) is 4.98 Å². The molecule has 8 unspecified atom stereocenters. The van der Waals surface area contributed by atoms with Crippen LogP contribution in [-0.2, 0) is 9.53 Å². The van der Waals surface area contributed by atoms with Crippen LogP contribution in [0.5, 0.6) is 5.75 Å². The molecule has 3 aliphatic rings. The summed E-state index contributed by atoms with van der Waals surface area (Å²) in [6.07, 6.45) is 3.55. The van der Waals surface area contributed by atoms with E-state index in [1.807, 2.05) is 6.92 Å². The minimum atomic E-state index is -1.10. The molecular formula is C27H36N2O7. The largest absolute Gasteiger partial charge is 0.484 e. The normalized spacial score (nSPS) is 36.7. The van der Waals surface area contributed by atoms with E-state index in [0.29, 0.717) is 17.7 Å². The Morgan fingerprint density at radius 2 is 2.00 bits per heavy atom. The highest BCUT2D eigenvalue weighted by Crippen LogP contribution is 2.63. The van der Waals surface area contributed by atoms with Crippen molar-refractivity contribution >= 4 is 5.97 Å². The zero-order valence-corrected chi connectivity index (χ0v) is 21.4. The van der Waals surface area contributed by atoms with Gasteiger partial charge < -0.3 is 29.8 Å². The van der Waals surface area contributed by atoms with E-state index in [2.05, 4.69) is 23.6 Å². The molecule has 36 heavy (non-hydrogen) atoms. The SMILES string of the molecule is CC1C(N)CCC2(C)C1CC(O)C1(C)Oc3cc(-c4cccnc4)oc(=O)c3C(O)C21.COC(C)=O. The summed E-state index contributed by atoms with van der Waals surface area (Å²) >= 11 is 0. The van der Waals surface area contributed by atoms with Crippen LogP contribution >= 0.6 is 0 Å². The molecule has 2 saturated carbocycles. The molecule has 2 aliphatic carbocycles. The lowest BCUT2D eigenvalue weighted by Crippen LogP contribution is -2.68. The Balaban J connectivity index is 0.000000556. The van der Waals surface area contributed by atoms with Gasteiger partial charge >= 0.3 is 11.6 Å². The molecule has 3 heterocycles. The van der Waals surface area contributed by atoms with Crippen LogP contribution in [0.15, 0.2) is 39.8 Å². The van der Waals surface area contributed by atoms with Crippen LogP contribution < -0.4 is 16.1 Å². The zero-order valence-electron chi connectivity index (χ0n) is 21.4. The maximum Gasteiger partial charge on any atom is 0.345 e. The summed E-state index contributed by atoms with van der Waals surface area (Å²) in [4.78, 5) is 26.7. The van der Waals surface area contributed by atoms with Crippen molar-refractivity contribution in [1.29, 1.82) is 0 Å². The highest BCUT2D eigenvalue weighted by atomic mass is 16.5. The fourth-order valence-electron chi connectivity index (χ4n) is 6.72. The number of carbonyl (C=O) groups excluding carboxylic acids is 1. The third-order valence-corrected chi connectivity index (χ3v) is 8.77. The van der Waals surface area contributed by atoms with E-state index >= 15 is 0 Å². The van der Waals surface area contributed by atoms with Gasteiger partial charge in [-0.2, -0.15) is 0 Å². The molecule has 8 atom stereocenters. The van der Waals surface area contributed by atoms with Gasteiger partial charge in [0.15, 0.2) is 0 Å². The second kappa shape index (κ2) is 9.61. The first-order valence-electron chi connectivity index (χ1n) is 12.4. The number of methoxy groups -OCH3 is 1. The van der Waals surface area contributed by atoms with Crippen LogP contribution in [-0.4, -0.2) is 46.0 Å². The van der Waals surface area contributed by atoms with Crippen LogP contribution in [0.3, 0.4) is 0 Å². The van der Waals surface area contributed by atoms with Gasteiger partial charge in [-0.05, 0) is 55.6 Å². The Labute approximate surface area is 210 Å². The minimum absolute atomic E-state index is 0.0654. The highest BCUT2D eigenvalue weighted by molar-refractivity contribution is 5.65. The van der Waals surface area contributed by atoms with Gasteiger partial charge in [-0.15, -0.1) is 0 Å². The molecule has 9 heteroatoms. The summed E-state index contributed by atoms with van der Waals surface area (Å²) in [5.41, 5.74) is 5.15. The van der Waals surface area contributed by atoms with Gasteiger partial charge in [0.05, 0.1) is 19.3 Å². The number of fused-ring (bicyclic) bond motifs is 4. The number of nitrogens with two attached hydrogens (primary N) is 1. The van der Waals surface area contributed by atoms with E-state index in [9.17, 15) is 19.8 Å². The third-order valence-electron chi connectivity index (χ3n) is 8.77. The van der Waals surface area contributed by atoms with Crippen molar-refractivity contribution in [2.45, 2.75) is 70.8 Å². The molecular weight excluding hydrogens is 464 g/mol. The molecule has 5 rings (SSSR count). The van der Waals surface area contributed by atoms with Crippen LogP contribution in [0.25, 0.3) is 11.3 Å². The standard InChI is InChI=1S/C24H30N2O5.C3H6O2/c1-12-14-9-18(27)24(3)21(23(14,2)7-6-15(12)25)20(28)19-17(31-24)10-16(30-22(19)29)13-5-4-8-26-11-13;1-3(4)5-2/h4-5,8,10-12,14-15,18,20-21,27-28H,6-7,9,25H2,1-3H3;1-2H3. The first-order valence-corrected chi connectivity index (χ1v) is 12.4. The first-order chi connectivity index (χ1) is 16.9. The van der Waals surface area contributed by atoms with Gasteiger partial charge in [0.2, 0.25) is 0 Å². The summed E-state index contributed by atoms with van der Waals surface area (Å²) in [7, 11) is 1.35. The summed E-state index contributed by atoms with van der Waals surface area (Å²) < 4.78 is 16.1. The minimum Gasteiger partial charge on any atom is -0.484 e. The number of pyridine rings is 1. The van der Waals surface area contributed by atoms with Gasteiger partial charge in [0.1, 0.15) is 22.7 Å². The number of ether oxygens (including phenoxy) is 2. The van der Waals surface area contributed by atoms with Gasteiger partial charge in [0, 0.05) is 42.9 Å². The van der Waals surface area contributed by atoms with Crippen molar-refractivity contribution < 1.29 is 28.9 Å². The van der Waals surface area contributed by atoms with Crippen molar-refractivity contribution in [2.75, 3.05) is 7.11 Å². The maximum atomic E-state index is 13.0. The summed E-state index contributed by atoms with van der Waals surface area (Å²) in [5, 5.41) is 22.8. The van der Waals surface area contributed by atoms with Gasteiger partial charge in [-0.1, -0.05) is 13.8 Å². The van der Waals surface area contributed by atoms with Crippen LogP contribution in [0, 0.1) is 23.2 Å². The lowest BCUT2D eigenvalue weighted by Gasteiger charge is -2.63. The van der Waals surface area contributed by atoms with Crippen LogP contribution in [0.2, 0.25) is 0 Å². The van der Waals surface area contributed by atoms with Crippen molar-refractivity contribution in [3.8, 4) is 17.1 Å². The number of aliphatic hydroxyl groups excluding tert-OH is 2. The predicted octanol–water partition coefficient (Wildman–Crippen LogP) is 2.83. The average Bonchev–Trinajstić information content (AvgIpc) is 2.84. The van der Waals surface area contributed by atoms with E-state index in [1.54, 1.807) is 30.6 Å². The maximum absolute atomic E-state index is 13.0. The predicted molar refractivity (Wildman–Crippen MR) is 132 cm³/mol. The van der Waals surface area contributed by atoms with E-state index in [0.717, 1.165) is 12.8 Å². The van der Waals surface area contributed by atoms with Gasteiger partial charge in [-0.25, -0.2) is 4.79 Å². The number of hydrogen-bond donors (Lipinski definition) is 3. The Morgan fingerprint density at radius 3 is 2.61 bits per heavy atom. The Bertz CT molecular complexity index is 1170. The third kappa shape index (κ3) is 4.23. The molecule has 0 radical (unpaired) electrons. The highest BCUT2D eigenvalue weighted by Gasteiger charge is 2.66. The quantitative estimate of drug-likeness (QED) is 0.503. The van der Waals surface area contributed by atoms with E-state index in [1.165, 1.54) is 14.0 Å². The topological polar surface area (TPSA) is 145 Å². The smallest absolute Gasteiger partial charge is 0.345 e. The Hall–Kier alpha value is -2.75. The molecule has 4 N–H and O–H groups in total. The molecule has 0 bridgehead atoms. The van der Waals surface area contributed by atoms with Crippen molar-refractivity contribution in [3.63, 3.8) is 0 Å². The van der Waals surface area contributed by atoms with E-state index in [-0.39, 0.29) is 40.6 Å². The second-order valence-corrected chi connectivity index (χ2v) is 10.7. The first kappa shape index (κ1) is 26.3. The molecule has 2 fully saturated rings. The second-order valence-electron chi connectivity index (χ2n) is 10.7.